The van der Waals surface area contributed by atoms with Crippen molar-refractivity contribution in [2.75, 3.05) is 0 Å². The molecule has 0 heterocycles. The SMILES string of the molecule is [B]=O.[O]=[Bi].[O]=[Pb]. The van der Waals surface area contributed by atoms with Gasteiger partial charge in [0.05, 0.1) is 0 Å². The van der Waals surface area contributed by atoms with Gasteiger partial charge in [-0.3, -0.25) is 0 Å². The third-order valence-electron chi connectivity index (χ3n) is 0. The minimum atomic E-state index is 0.0556. The van der Waals surface area contributed by atoms with Crippen LogP contribution in [0.2, 0.25) is 0 Å². The minimum absolute atomic E-state index is 0.0556. The van der Waals surface area contributed by atoms with Crippen molar-refractivity contribution in [2.45, 2.75) is 0 Å². The van der Waals surface area contributed by atoms with Gasteiger partial charge in [0.2, 0.25) is 0 Å². The van der Waals surface area contributed by atoms with Crippen LogP contribution in [0.3, 0.4) is 0 Å². The molecule has 0 aromatic rings. The average molecular weight is 475 g/mol. The summed E-state index contributed by atoms with van der Waals surface area (Å²) in [7, 11) is 3.25. The maximum atomic E-state index is 8.39. The molecule has 0 aliphatic carbocycles. The van der Waals surface area contributed by atoms with Gasteiger partial charge in [-0.05, 0) is 0 Å². The molecule has 0 saturated heterocycles. The molecule has 0 aliphatic heterocycles. The van der Waals surface area contributed by atoms with E-state index in [1.54, 1.807) is 0 Å². The normalized spacial score (nSPS) is 1.83. The van der Waals surface area contributed by atoms with E-state index < -0.39 is 0 Å². The van der Waals surface area contributed by atoms with Crippen LogP contribution in [-0.2, 0) is 10.2 Å². The average Bonchev–Trinajstić information content (AvgIpc) is 1.81. The molecule has 0 bridgehead atoms. The van der Waals surface area contributed by atoms with Gasteiger partial charge in [-0.2, -0.15) is 0 Å². The summed E-state index contributed by atoms with van der Waals surface area (Å²) in [6.45, 7) is 0. The second-order valence-electron chi connectivity index (χ2n) is 0. The Balaban J connectivity index is -0.0000000225. The van der Waals surface area contributed by atoms with Crippen LogP contribution in [-0.4, -0.2) is 58.2 Å². The molecular weight excluding hydrogens is 475 g/mol. The van der Waals surface area contributed by atoms with E-state index >= 15 is 0 Å². The second kappa shape index (κ2) is 108. The topological polar surface area (TPSA) is 51.2 Å². The first-order valence-corrected chi connectivity index (χ1v) is 3.63. The van der Waals surface area contributed by atoms with E-state index in [1.165, 1.54) is 0 Å². The molecule has 3 nitrogen and oxygen atoms in total. The van der Waals surface area contributed by atoms with E-state index in [-0.39, 0.29) is 50.5 Å². The van der Waals surface area contributed by atoms with Crippen LogP contribution in [0, 0.1) is 0 Å². The molecule has 0 rings (SSSR count). The number of hydrogen-bond donors (Lipinski definition) is 0. The van der Waals surface area contributed by atoms with Crippen LogP contribution in [0.15, 0.2) is 0 Å². The van der Waals surface area contributed by atoms with Crippen molar-refractivity contribution in [3.05, 3.63) is 0 Å². The van der Waals surface area contributed by atoms with Crippen LogP contribution >= 0.6 is 0 Å². The Kier molecular flexibility index (Phi) is 282. The molecule has 0 amide bonds. The van der Waals surface area contributed by atoms with E-state index in [4.69, 9.17) is 10.2 Å². The van der Waals surface area contributed by atoms with Gasteiger partial charge < -0.3 is 0 Å². The molecule has 0 aromatic carbocycles. The predicted molar refractivity (Wildman–Crippen MR) is 19.3 cm³/mol. The van der Waals surface area contributed by atoms with E-state index in [0.29, 0.717) is 0 Å². The summed E-state index contributed by atoms with van der Waals surface area (Å²) in [5, 5.41) is 0. The molecule has 0 unspecified atom stereocenters. The van der Waals surface area contributed by atoms with Crippen LogP contribution in [0.1, 0.15) is 0 Å². The monoisotopic (exact) mass is 476 g/mol. The van der Waals surface area contributed by atoms with Crippen LogP contribution < -0.4 is 0 Å². The van der Waals surface area contributed by atoms with Gasteiger partial charge in [0.1, 0.15) is 0 Å². The summed E-state index contributed by atoms with van der Waals surface area (Å²) in [6, 6.07) is 0. The molecule has 0 spiro atoms. The van der Waals surface area contributed by atoms with Crippen molar-refractivity contribution >= 4 is 58.2 Å². The Morgan fingerprint density at radius 1 is 1.17 bits per heavy atom. The summed E-state index contributed by atoms with van der Waals surface area (Å²) in [5.74, 6) is 0. The summed E-state index contributed by atoms with van der Waals surface area (Å²) in [4.78, 5) is 0. The molecule has 0 fully saturated rings. The first kappa shape index (κ1) is 15.7. The van der Waals surface area contributed by atoms with Crippen molar-refractivity contribution in [1.82, 2.24) is 0 Å². The summed E-state index contributed by atoms with van der Waals surface area (Å²) in [6.07, 6.45) is 0. The zero-order chi connectivity index (χ0) is 6.00. The molecule has 6 heteroatoms. The van der Waals surface area contributed by atoms with Gasteiger partial charge in [-0.25, -0.2) is 0 Å². The Hall–Kier alpha value is 1.27. The van der Waals surface area contributed by atoms with Crippen molar-refractivity contribution in [2.24, 2.45) is 0 Å². The molecule has 0 aliphatic rings. The quantitative estimate of drug-likeness (QED) is 0.402. The third-order valence-corrected chi connectivity index (χ3v) is 0. The Bertz CT molecular complexity index is 15.5. The fraction of sp³-hybridized carbons (Fsp3) is 0. The van der Waals surface area contributed by atoms with Gasteiger partial charge in [0.25, 0.3) is 0 Å². The molecular formula is BBiO3Pb. The zero-order valence-electron chi connectivity index (χ0n) is 2.75. The third kappa shape index (κ3) is 59.6. The van der Waals surface area contributed by atoms with Gasteiger partial charge in [-0.15, -0.1) is 0 Å². The molecule has 6 heavy (non-hydrogen) atoms. The fourth-order valence-electron chi connectivity index (χ4n) is 0. The molecule has 4 radical (unpaired) electrons. The van der Waals surface area contributed by atoms with E-state index in [2.05, 4.69) is 7.72 Å². The van der Waals surface area contributed by atoms with Crippen molar-refractivity contribution in [3.63, 3.8) is 0 Å². The second-order valence-corrected chi connectivity index (χ2v) is 0. The molecule has 0 N–H and O–H groups in total. The molecule has 30 valence electrons. The van der Waals surface area contributed by atoms with Crippen molar-refractivity contribution in [3.8, 4) is 0 Å². The standard InChI is InChI=1S/BO.Bi.2O.Pb/c1-2;;;;. The molecule has 0 atom stereocenters. The summed E-state index contributed by atoms with van der Waals surface area (Å²) >= 11 is 0.250. The van der Waals surface area contributed by atoms with Gasteiger partial charge in [0.15, 0.2) is 0 Å². The molecule has 0 aromatic heterocycles. The first-order valence-electron chi connectivity index (χ1n) is 0.622. The number of hydrogen-bond acceptors (Lipinski definition) is 3. The summed E-state index contributed by atoms with van der Waals surface area (Å²) < 4.78 is 24.5. The van der Waals surface area contributed by atoms with Gasteiger partial charge >= 0.3 is 68.4 Å². The van der Waals surface area contributed by atoms with E-state index in [9.17, 15) is 0 Å². The number of rotatable bonds is 0. The first-order chi connectivity index (χ1) is 3.00. The zero-order valence-corrected chi connectivity index (χ0v) is 10.1. The molecule has 0 saturated carbocycles. The van der Waals surface area contributed by atoms with Crippen LogP contribution in [0.5, 0.6) is 0 Å². The maximum absolute atomic E-state index is 8.39. The Morgan fingerprint density at radius 3 is 1.17 bits per heavy atom. The van der Waals surface area contributed by atoms with Gasteiger partial charge in [-0.1, -0.05) is 0 Å². The van der Waals surface area contributed by atoms with Crippen LogP contribution in [0.4, 0.5) is 0 Å². The predicted octanol–water partition coefficient (Wildman–Crippen LogP) is -1.50. The fourth-order valence-corrected chi connectivity index (χ4v) is 0. The Labute approximate surface area is 67.7 Å². The van der Waals surface area contributed by atoms with Gasteiger partial charge in [0, 0.05) is 0 Å². The Morgan fingerprint density at radius 2 is 1.17 bits per heavy atom. The van der Waals surface area contributed by atoms with Crippen molar-refractivity contribution in [1.29, 1.82) is 0 Å². The van der Waals surface area contributed by atoms with E-state index in [1.807, 2.05) is 0 Å². The van der Waals surface area contributed by atoms with E-state index in [0.717, 1.165) is 0 Å². The summed E-state index contributed by atoms with van der Waals surface area (Å²) in [5.41, 5.74) is 0. The van der Waals surface area contributed by atoms with Crippen LogP contribution in [0.25, 0.3) is 0 Å². The van der Waals surface area contributed by atoms with Crippen molar-refractivity contribution < 1.29 is 10.2 Å².